The molecule has 0 fully saturated rings. The van der Waals surface area contributed by atoms with Gasteiger partial charge in [-0.25, -0.2) is 4.98 Å². The molecule has 98 valence electrons. The minimum atomic E-state index is 0.0842. The molecule has 0 saturated heterocycles. The fraction of sp³-hybridized carbons (Fsp3) is 0.769. The largest absolute Gasteiger partial charge is 0.329 e. The lowest BCUT2D eigenvalue weighted by molar-refractivity contribution is 0.262. The molecule has 0 bridgehead atoms. The fourth-order valence-corrected chi connectivity index (χ4v) is 2.08. The third-order valence-electron chi connectivity index (χ3n) is 3.19. The Hall–Kier alpha value is -0.870. The summed E-state index contributed by atoms with van der Waals surface area (Å²) in [6, 6.07) is 0.515. The predicted molar refractivity (Wildman–Crippen MR) is 71.9 cm³/mol. The smallest absolute Gasteiger partial charge is 0.0951 e. The zero-order valence-corrected chi connectivity index (χ0v) is 11.7. The van der Waals surface area contributed by atoms with Gasteiger partial charge in [0, 0.05) is 24.8 Å². The summed E-state index contributed by atoms with van der Waals surface area (Å²) in [5.74, 6) is 0.564. The van der Waals surface area contributed by atoms with Crippen LogP contribution in [0.2, 0.25) is 0 Å². The second kappa shape index (κ2) is 6.17. The van der Waals surface area contributed by atoms with Crippen molar-refractivity contribution >= 4 is 0 Å². The predicted octanol–water partition coefficient (Wildman–Crippen LogP) is 2.05. The van der Waals surface area contributed by atoms with Crippen LogP contribution in [0.15, 0.2) is 12.5 Å². The molecule has 17 heavy (non-hydrogen) atoms. The standard InChI is InChI=1S/C13H26N4/c1-6-11(14)12-7-15-9-17(12)13(10(2)3)8-16(4)5/h7,9-11,13H,6,8,14H2,1-5H3/t11-,13?/m1/s1. The number of hydrogen-bond acceptors (Lipinski definition) is 3. The highest BCUT2D eigenvalue weighted by molar-refractivity contribution is 5.06. The van der Waals surface area contributed by atoms with Crippen LogP contribution in [0.25, 0.3) is 0 Å². The van der Waals surface area contributed by atoms with Crippen molar-refractivity contribution in [2.24, 2.45) is 11.7 Å². The number of likely N-dealkylation sites (N-methyl/N-ethyl adjacent to an activating group) is 1. The Morgan fingerprint density at radius 3 is 2.53 bits per heavy atom. The van der Waals surface area contributed by atoms with Crippen LogP contribution in [0, 0.1) is 5.92 Å². The van der Waals surface area contributed by atoms with E-state index in [1.807, 2.05) is 12.5 Å². The van der Waals surface area contributed by atoms with E-state index in [2.05, 4.69) is 49.3 Å². The van der Waals surface area contributed by atoms with E-state index in [0.717, 1.165) is 18.7 Å². The lowest BCUT2D eigenvalue weighted by Crippen LogP contribution is -2.30. The van der Waals surface area contributed by atoms with Gasteiger partial charge in [-0.05, 0) is 26.4 Å². The van der Waals surface area contributed by atoms with Gasteiger partial charge in [0.15, 0.2) is 0 Å². The Morgan fingerprint density at radius 2 is 2.06 bits per heavy atom. The summed E-state index contributed by atoms with van der Waals surface area (Å²) in [6.07, 6.45) is 4.76. The number of aromatic nitrogens is 2. The average molecular weight is 238 g/mol. The molecule has 4 heteroatoms. The van der Waals surface area contributed by atoms with Crippen LogP contribution in [-0.2, 0) is 0 Å². The van der Waals surface area contributed by atoms with Gasteiger partial charge in [-0.15, -0.1) is 0 Å². The lowest BCUT2D eigenvalue weighted by atomic mass is 10.0. The van der Waals surface area contributed by atoms with Crippen molar-refractivity contribution in [3.05, 3.63) is 18.2 Å². The van der Waals surface area contributed by atoms with Crippen molar-refractivity contribution in [3.8, 4) is 0 Å². The maximum atomic E-state index is 6.13. The van der Waals surface area contributed by atoms with Gasteiger partial charge in [0.25, 0.3) is 0 Å². The lowest BCUT2D eigenvalue weighted by Gasteiger charge is -2.28. The second-order valence-electron chi connectivity index (χ2n) is 5.31. The molecule has 2 atom stereocenters. The van der Waals surface area contributed by atoms with Gasteiger partial charge in [-0.3, -0.25) is 0 Å². The normalized spacial score (nSPS) is 15.5. The minimum absolute atomic E-state index is 0.0842. The van der Waals surface area contributed by atoms with Crippen LogP contribution in [0.3, 0.4) is 0 Å². The third-order valence-corrected chi connectivity index (χ3v) is 3.19. The van der Waals surface area contributed by atoms with Gasteiger partial charge < -0.3 is 15.2 Å². The molecule has 1 unspecified atom stereocenters. The summed E-state index contributed by atoms with van der Waals surface area (Å²) in [5.41, 5.74) is 7.28. The average Bonchev–Trinajstić information content (AvgIpc) is 2.72. The Balaban J connectivity index is 2.98. The van der Waals surface area contributed by atoms with E-state index < -0.39 is 0 Å². The molecule has 2 N–H and O–H groups in total. The maximum absolute atomic E-state index is 6.13. The first kappa shape index (κ1) is 14.2. The van der Waals surface area contributed by atoms with Crippen molar-refractivity contribution in [1.82, 2.24) is 14.5 Å². The van der Waals surface area contributed by atoms with E-state index in [1.54, 1.807) is 0 Å². The van der Waals surface area contributed by atoms with E-state index >= 15 is 0 Å². The highest BCUT2D eigenvalue weighted by atomic mass is 15.2. The molecule has 0 spiro atoms. The SMILES string of the molecule is CC[C@@H](N)c1cncn1C(CN(C)C)C(C)C. The summed E-state index contributed by atoms with van der Waals surface area (Å²) in [5, 5.41) is 0. The summed E-state index contributed by atoms with van der Waals surface area (Å²) in [7, 11) is 4.21. The van der Waals surface area contributed by atoms with Crippen LogP contribution in [0.5, 0.6) is 0 Å². The van der Waals surface area contributed by atoms with Gasteiger partial charge in [0.05, 0.1) is 12.0 Å². The first-order valence-electron chi connectivity index (χ1n) is 6.39. The van der Waals surface area contributed by atoms with Crippen molar-refractivity contribution in [3.63, 3.8) is 0 Å². The maximum Gasteiger partial charge on any atom is 0.0951 e. The van der Waals surface area contributed by atoms with E-state index in [9.17, 15) is 0 Å². The van der Waals surface area contributed by atoms with Crippen molar-refractivity contribution in [2.45, 2.75) is 39.3 Å². The van der Waals surface area contributed by atoms with Crippen LogP contribution in [-0.4, -0.2) is 35.1 Å². The molecule has 4 nitrogen and oxygen atoms in total. The summed E-state index contributed by atoms with van der Waals surface area (Å²) in [6.45, 7) is 7.61. The Kier molecular flexibility index (Phi) is 5.15. The topological polar surface area (TPSA) is 47.1 Å². The molecule has 1 aromatic rings. The zero-order chi connectivity index (χ0) is 13.0. The molecule has 1 rings (SSSR count). The molecule has 1 heterocycles. The van der Waals surface area contributed by atoms with Gasteiger partial charge in [0.2, 0.25) is 0 Å². The molecule has 0 saturated carbocycles. The van der Waals surface area contributed by atoms with E-state index in [4.69, 9.17) is 5.73 Å². The van der Waals surface area contributed by atoms with Gasteiger partial charge in [-0.1, -0.05) is 20.8 Å². The minimum Gasteiger partial charge on any atom is -0.329 e. The Bertz CT molecular complexity index is 330. The molecule has 0 aromatic carbocycles. The summed E-state index contributed by atoms with van der Waals surface area (Å²) in [4.78, 5) is 6.48. The second-order valence-corrected chi connectivity index (χ2v) is 5.31. The molecule has 1 aromatic heterocycles. The molecular weight excluding hydrogens is 212 g/mol. The van der Waals surface area contributed by atoms with E-state index in [0.29, 0.717) is 12.0 Å². The zero-order valence-electron chi connectivity index (χ0n) is 11.7. The number of hydrogen-bond donors (Lipinski definition) is 1. The number of nitrogens with two attached hydrogens (primary N) is 1. The number of imidazole rings is 1. The fourth-order valence-electron chi connectivity index (χ4n) is 2.08. The van der Waals surface area contributed by atoms with Gasteiger partial charge in [-0.2, -0.15) is 0 Å². The van der Waals surface area contributed by atoms with Crippen LogP contribution in [0.1, 0.15) is 45.0 Å². The highest BCUT2D eigenvalue weighted by Crippen LogP contribution is 2.24. The molecular formula is C13H26N4. The van der Waals surface area contributed by atoms with E-state index in [1.165, 1.54) is 0 Å². The molecule has 0 aliphatic carbocycles. The van der Waals surface area contributed by atoms with Crippen LogP contribution in [0.4, 0.5) is 0 Å². The number of rotatable bonds is 6. The first-order chi connectivity index (χ1) is 7.97. The first-order valence-corrected chi connectivity index (χ1v) is 6.39. The highest BCUT2D eigenvalue weighted by Gasteiger charge is 2.20. The Labute approximate surface area is 105 Å². The van der Waals surface area contributed by atoms with Gasteiger partial charge in [0.1, 0.15) is 0 Å². The molecule has 0 amide bonds. The summed E-state index contributed by atoms with van der Waals surface area (Å²) >= 11 is 0. The monoisotopic (exact) mass is 238 g/mol. The molecule has 0 aliphatic heterocycles. The summed E-state index contributed by atoms with van der Waals surface area (Å²) < 4.78 is 2.25. The van der Waals surface area contributed by atoms with Crippen LogP contribution < -0.4 is 5.73 Å². The van der Waals surface area contributed by atoms with Crippen LogP contribution >= 0.6 is 0 Å². The Morgan fingerprint density at radius 1 is 1.41 bits per heavy atom. The molecule has 0 aliphatic rings. The number of nitrogens with zero attached hydrogens (tertiary/aromatic N) is 3. The van der Waals surface area contributed by atoms with Crippen molar-refractivity contribution in [2.75, 3.05) is 20.6 Å². The van der Waals surface area contributed by atoms with Crippen molar-refractivity contribution in [1.29, 1.82) is 0 Å². The van der Waals surface area contributed by atoms with Gasteiger partial charge >= 0.3 is 0 Å². The molecule has 0 radical (unpaired) electrons. The quantitative estimate of drug-likeness (QED) is 0.825. The van der Waals surface area contributed by atoms with E-state index in [-0.39, 0.29) is 6.04 Å². The van der Waals surface area contributed by atoms with Crippen molar-refractivity contribution < 1.29 is 0 Å². The third kappa shape index (κ3) is 3.54.